The maximum absolute atomic E-state index is 11.8. The van der Waals surface area contributed by atoms with Crippen LogP contribution in [-0.4, -0.2) is 22.3 Å². The Kier molecular flexibility index (Phi) is 4.27. The first-order valence-corrected chi connectivity index (χ1v) is 7.00. The first kappa shape index (κ1) is 15.0. The molecule has 0 spiro atoms. The Morgan fingerprint density at radius 1 is 1.38 bits per heavy atom. The van der Waals surface area contributed by atoms with Gasteiger partial charge in [0.05, 0.1) is 17.8 Å². The van der Waals surface area contributed by atoms with Gasteiger partial charge in [-0.2, -0.15) is 0 Å². The third-order valence-electron chi connectivity index (χ3n) is 2.93. The van der Waals surface area contributed by atoms with Gasteiger partial charge in [0, 0.05) is 10.9 Å². The Labute approximate surface area is 125 Å². The molecule has 8 heteroatoms. The van der Waals surface area contributed by atoms with Crippen molar-refractivity contribution in [3.63, 3.8) is 0 Å². The number of rotatable bonds is 4. The summed E-state index contributed by atoms with van der Waals surface area (Å²) in [5.41, 5.74) is 1.52. The van der Waals surface area contributed by atoms with Gasteiger partial charge >= 0.3 is 12.0 Å². The molecule has 21 heavy (non-hydrogen) atoms. The van der Waals surface area contributed by atoms with E-state index in [2.05, 4.69) is 15.8 Å². The fourth-order valence-corrected chi connectivity index (χ4v) is 2.83. The highest BCUT2D eigenvalue weighted by atomic mass is 32.1. The normalized spacial score (nSPS) is 10.4. The van der Waals surface area contributed by atoms with Crippen LogP contribution in [0.25, 0.3) is 0 Å². The van der Waals surface area contributed by atoms with E-state index in [9.17, 15) is 14.7 Å². The molecule has 0 aliphatic rings. The van der Waals surface area contributed by atoms with Crippen LogP contribution in [0.2, 0.25) is 0 Å². The van der Waals surface area contributed by atoms with Gasteiger partial charge < -0.3 is 14.9 Å². The first-order valence-electron chi connectivity index (χ1n) is 6.18. The van der Waals surface area contributed by atoms with Crippen molar-refractivity contribution in [2.45, 2.75) is 27.3 Å². The quantitative estimate of drug-likeness (QED) is 0.805. The summed E-state index contributed by atoms with van der Waals surface area (Å²) in [6.07, 6.45) is 0. The zero-order chi connectivity index (χ0) is 15.6. The molecule has 2 amide bonds. The van der Waals surface area contributed by atoms with Gasteiger partial charge in [-0.15, -0.1) is 11.3 Å². The van der Waals surface area contributed by atoms with Crippen LogP contribution in [0, 0.1) is 20.8 Å². The lowest BCUT2D eigenvalue weighted by Gasteiger charge is -2.05. The van der Waals surface area contributed by atoms with E-state index >= 15 is 0 Å². The van der Waals surface area contributed by atoms with E-state index in [1.807, 2.05) is 6.92 Å². The molecule has 0 aliphatic carbocycles. The van der Waals surface area contributed by atoms with Gasteiger partial charge in [0.2, 0.25) is 0 Å². The molecule has 0 aromatic carbocycles. The minimum absolute atomic E-state index is 0.128. The number of aromatic carboxylic acids is 1. The number of hydrogen-bond acceptors (Lipinski definition) is 5. The van der Waals surface area contributed by atoms with E-state index < -0.39 is 12.0 Å². The van der Waals surface area contributed by atoms with Gasteiger partial charge in [0.1, 0.15) is 5.00 Å². The third-order valence-corrected chi connectivity index (χ3v) is 4.05. The van der Waals surface area contributed by atoms with Gasteiger partial charge in [0.25, 0.3) is 0 Å². The number of nitrogens with zero attached hydrogens (tertiary/aromatic N) is 1. The van der Waals surface area contributed by atoms with Gasteiger partial charge in [-0.25, -0.2) is 9.59 Å². The Hall–Kier alpha value is -2.35. The summed E-state index contributed by atoms with van der Waals surface area (Å²) >= 11 is 1.23. The number of aromatic nitrogens is 1. The lowest BCUT2D eigenvalue weighted by molar-refractivity contribution is 0.0697. The summed E-state index contributed by atoms with van der Waals surface area (Å²) < 4.78 is 4.97. The molecule has 0 saturated heterocycles. The number of nitrogens with one attached hydrogen (secondary N) is 2. The van der Waals surface area contributed by atoms with Crippen molar-refractivity contribution in [2.24, 2.45) is 0 Å². The minimum Gasteiger partial charge on any atom is -0.478 e. The SMILES string of the molecule is Cc1cc(CNC(=O)Nc2sc(C)c(C)c2C(=O)O)on1. The predicted octanol–water partition coefficient (Wildman–Crippen LogP) is 2.68. The Morgan fingerprint density at radius 3 is 2.67 bits per heavy atom. The van der Waals surface area contributed by atoms with Crippen molar-refractivity contribution < 1.29 is 19.2 Å². The molecule has 2 heterocycles. The van der Waals surface area contributed by atoms with E-state index in [0.717, 1.165) is 10.6 Å². The molecule has 0 aliphatic heterocycles. The molecule has 2 rings (SSSR count). The van der Waals surface area contributed by atoms with Crippen LogP contribution < -0.4 is 10.6 Å². The van der Waals surface area contributed by atoms with E-state index in [1.165, 1.54) is 11.3 Å². The smallest absolute Gasteiger partial charge is 0.338 e. The number of carboxylic acids is 1. The number of carboxylic acid groups (broad SMARTS) is 1. The highest BCUT2D eigenvalue weighted by molar-refractivity contribution is 7.16. The largest absolute Gasteiger partial charge is 0.478 e. The van der Waals surface area contributed by atoms with E-state index in [-0.39, 0.29) is 12.1 Å². The summed E-state index contributed by atoms with van der Waals surface area (Å²) in [5, 5.41) is 18.4. The number of thiophene rings is 1. The molecule has 0 atom stereocenters. The molecular formula is C13H15N3O4S. The maximum Gasteiger partial charge on any atom is 0.338 e. The monoisotopic (exact) mass is 309 g/mol. The Bertz CT molecular complexity index is 690. The lowest BCUT2D eigenvalue weighted by atomic mass is 10.1. The molecule has 3 N–H and O–H groups in total. The van der Waals surface area contributed by atoms with Crippen LogP contribution in [0.3, 0.4) is 0 Å². The van der Waals surface area contributed by atoms with Crippen LogP contribution in [0.4, 0.5) is 9.80 Å². The van der Waals surface area contributed by atoms with Crippen LogP contribution in [0.1, 0.15) is 32.3 Å². The molecule has 0 unspecified atom stereocenters. The second kappa shape index (κ2) is 5.96. The number of carbonyl (C=O) groups excluding carboxylic acids is 1. The highest BCUT2D eigenvalue weighted by Gasteiger charge is 2.20. The molecule has 2 aromatic rings. The average molecular weight is 309 g/mol. The molecule has 7 nitrogen and oxygen atoms in total. The standard InChI is InChI=1S/C13H15N3O4S/c1-6-4-9(20-16-6)5-14-13(19)15-11-10(12(17)18)7(2)8(3)21-11/h4H,5H2,1-3H3,(H,17,18)(H2,14,15,19). The van der Waals surface area contributed by atoms with Gasteiger partial charge in [-0.3, -0.25) is 5.32 Å². The van der Waals surface area contributed by atoms with Crippen LogP contribution in [-0.2, 0) is 6.54 Å². The fraction of sp³-hybridized carbons (Fsp3) is 0.308. The summed E-state index contributed by atoms with van der Waals surface area (Å²) in [6, 6.07) is 1.22. The van der Waals surface area contributed by atoms with E-state index in [4.69, 9.17) is 4.52 Å². The molecule has 0 bridgehead atoms. The van der Waals surface area contributed by atoms with Crippen molar-refractivity contribution >= 4 is 28.3 Å². The number of anilines is 1. The molecule has 2 aromatic heterocycles. The number of aryl methyl sites for hydroxylation is 2. The second-order valence-corrected chi connectivity index (χ2v) is 5.76. The van der Waals surface area contributed by atoms with E-state index in [1.54, 1.807) is 19.9 Å². The molecule has 0 radical (unpaired) electrons. The third kappa shape index (κ3) is 3.40. The fourth-order valence-electron chi connectivity index (χ4n) is 1.79. The number of urea groups is 1. The van der Waals surface area contributed by atoms with Crippen LogP contribution >= 0.6 is 11.3 Å². The van der Waals surface area contributed by atoms with Gasteiger partial charge in [-0.1, -0.05) is 5.16 Å². The summed E-state index contributed by atoms with van der Waals surface area (Å²) in [7, 11) is 0. The van der Waals surface area contributed by atoms with Crippen molar-refractivity contribution in [1.82, 2.24) is 10.5 Å². The zero-order valence-corrected chi connectivity index (χ0v) is 12.6. The minimum atomic E-state index is -1.06. The van der Waals surface area contributed by atoms with Crippen LogP contribution in [0.15, 0.2) is 10.6 Å². The topological polar surface area (TPSA) is 104 Å². The van der Waals surface area contributed by atoms with Gasteiger partial charge in [0.15, 0.2) is 5.76 Å². The van der Waals surface area contributed by atoms with Crippen molar-refractivity contribution in [1.29, 1.82) is 0 Å². The highest BCUT2D eigenvalue weighted by Crippen LogP contribution is 2.32. The molecule has 112 valence electrons. The predicted molar refractivity (Wildman–Crippen MR) is 77.9 cm³/mol. The number of amides is 2. The summed E-state index contributed by atoms with van der Waals surface area (Å²) in [5.74, 6) is -0.530. The summed E-state index contributed by atoms with van der Waals surface area (Å²) in [6.45, 7) is 5.49. The van der Waals surface area contributed by atoms with Crippen molar-refractivity contribution in [3.05, 3.63) is 33.5 Å². The lowest BCUT2D eigenvalue weighted by Crippen LogP contribution is -2.28. The zero-order valence-electron chi connectivity index (χ0n) is 11.8. The first-order chi connectivity index (χ1) is 9.88. The van der Waals surface area contributed by atoms with Crippen molar-refractivity contribution in [2.75, 3.05) is 5.32 Å². The Balaban J connectivity index is 2.03. The van der Waals surface area contributed by atoms with Gasteiger partial charge in [-0.05, 0) is 26.3 Å². The molecule has 0 saturated carbocycles. The summed E-state index contributed by atoms with van der Waals surface area (Å²) in [4.78, 5) is 23.9. The van der Waals surface area contributed by atoms with E-state index in [0.29, 0.717) is 16.3 Å². The number of carbonyl (C=O) groups is 2. The molecular weight excluding hydrogens is 294 g/mol. The number of hydrogen-bond donors (Lipinski definition) is 3. The van der Waals surface area contributed by atoms with Crippen LogP contribution in [0.5, 0.6) is 0 Å². The second-order valence-electron chi connectivity index (χ2n) is 4.53. The Morgan fingerprint density at radius 2 is 2.10 bits per heavy atom. The molecule has 0 fully saturated rings. The average Bonchev–Trinajstić information content (AvgIpc) is 2.92. The maximum atomic E-state index is 11.8. The van der Waals surface area contributed by atoms with Crippen molar-refractivity contribution in [3.8, 4) is 0 Å².